The predicted molar refractivity (Wildman–Crippen MR) is 62.8 cm³/mol. The van der Waals surface area contributed by atoms with Crippen LogP contribution in [-0.4, -0.2) is 11.5 Å². The fourth-order valence-electron chi connectivity index (χ4n) is 1.51. The number of para-hydroxylation sites is 3. The van der Waals surface area contributed by atoms with E-state index in [1.165, 1.54) is 4.90 Å². The van der Waals surface area contributed by atoms with Gasteiger partial charge in [0.05, 0.1) is 5.69 Å². The van der Waals surface area contributed by atoms with Gasteiger partial charge >= 0.3 is 0 Å². The number of anilines is 2. The van der Waals surface area contributed by atoms with Crippen LogP contribution < -0.4 is 4.90 Å². The van der Waals surface area contributed by atoms with Crippen LogP contribution in [0.4, 0.5) is 11.4 Å². The number of rotatable bonds is 3. The molecule has 80 valence electrons. The molecule has 0 fully saturated rings. The van der Waals surface area contributed by atoms with Gasteiger partial charge in [-0.2, -0.15) is 0 Å². The molecule has 0 heterocycles. The second kappa shape index (κ2) is 4.49. The molecular formula is C13H11NO2. The lowest BCUT2D eigenvalue weighted by molar-refractivity contribution is -0.106. The van der Waals surface area contributed by atoms with E-state index in [1.807, 2.05) is 18.2 Å². The van der Waals surface area contributed by atoms with Crippen LogP contribution in [0.15, 0.2) is 54.6 Å². The van der Waals surface area contributed by atoms with Gasteiger partial charge in [0, 0.05) is 5.69 Å². The van der Waals surface area contributed by atoms with Crippen LogP contribution in [0.25, 0.3) is 0 Å². The zero-order valence-corrected chi connectivity index (χ0v) is 8.58. The summed E-state index contributed by atoms with van der Waals surface area (Å²) in [4.78, 5) is 12.5. The summed E-state index contributed by atoms with van der Waals surface area (Å²) < 4.78 is 0. The zero-order valence-electron chi connectivity index (χ0n) is 8.58. The molecule has 0 aliphatic rings. The Balaban J connectivity index is 2.45. The Morgan fingerprint density at radius 2 is 1.56 bits per heavy atom. The standard InChI is InChI=1S/C13H11NO2/c15-10-14(11-6-2-1-3-7-11)12-8-4-5-9-13(12)16/h1-10,16H. The highest BCUT2D eigenvalue weighted by Crippen LogP contribution is 2.30. The van der Waals surface area contributed by atoms with Crippen molar-refractivity contribution in [1.29, 1.82) is 0 Å². The van der Waals surface area contributed by atoms with Crippen LogP contribution in [-0.2, 0) is 4.79 Å². The molecule has 3 heteroatoms. The Kier molecular flexibility index (Phi) is 2.87. The second-order valence-corrected chi connectivity index (χ2v) is 3.30. The molecule has 1 N–H and O–H groups in total. The van der Waals surface area contributed by atoms with Crippen molar-refractivity contribution in [3.63, 3.8) is 0 Å². The van der Waals surface area contributed by atoms with Gasteiger partial charge in [-0.15, -0.1) is 0 Å². The lowest BCUT2D eigenvalue weighted by Crippen LogP contribution is -2.13. The normalized spacial score (nSPS) is 9.75. The summed E-state index contributed by atoms with van der Waals surface area (Å²) in [6, 6.07) is 15.9. The summed E-state index contributed by atoms with van der Waals surface area (Å²) in [6.45, 7) is 0. The van der Waals surface area contributed by atoms with Gasteiger partial charge in [0.15, 0.2) is 0 Å². The van der Waals surface area contributed by atoms with Gasteiger partial charge in [-0.3, -0.25) is 9.69 Å². The van der Waals surface area contributed by atoms with E-state index < -0.39 is 0 Å². The third-order valence-electron chi connectivity index (χ3n) is 2.28. The third kappa shape index (κ3) is 1.88. The van der Waals surface area contributed by atoms with E-state index in [1.54, 1.807) is 36.4 Å². The van der Waals surface area contributed by atoms with Crippen molar-refractivity contribution in [3.05, 3.63) is 54.6 Å². The zero-order chi connectivity index (χ0) is 11.4. The Labute approximate surface area is 93.6 Å². The van der Waals surface area contributed by atoms with Gasteiger partial charge in [-0.1, -0.05) is 30.3 Å². The molecule has 2 aromatic rings. The highest BCUT2D eigenvalue weighted by atomic mass is 16.3. The van der Waals surface area contributed by atoms with E-state index in [0.717, 1.165) is 5.69 Å². The molecule has 0 radical (unpaired) electrons. The number of hydrogen-bond acceptors (Lipinski definition) is 2. The fraction of sp³-hybridized carbons (Fsp3) is 0. The van der Waals surface area contributed by atoms with Gasteiger partial charge in [0.1, 0.15) is 5.75 Å². The predicted octanol–water partition coefficient (Wildman–Crippen LogP) is 2.69. The Morgan fingerprint density at radius 1 is 0.938 bits per heavy atom. The molecule has 0 unspecified atom stereocenters. The van der Waals surface area contributed by atoms with Crippen molar-refractivity contribution in [3.8, 4) is 5.75 Å². The van der Waals surface area contributed by atoms with Crippen LogP contribution in [0.3, 0.4) is 0 Å². The van der Waals surface area contributed by atoms with Crippen LogP contribution in [0, 0.1) is 0 Å². The fourth-order valence-corrected chi connectivity index (χ4v) is 1.51. The molecule has 0 aromatic heterocycles. The van der Waals surface area contributed by atoms with Gasteiger partial charge in [-0.25, -0.2) is 0 Å². The van der Waals surface area contributed by atoms with Gasteiger partial charge in [-0.05, 0) is 24.3 Å². The molecule has 0 bridgehead atoms. The summed E-state index contributed by atoms with van der Waals surface area (Å²) in [6.07, 6.45) is 0.685. The van der Waals surface area contributed by atoms with Crippen molar-refractivity contribution in [2.45, 2.75) is 0 Å². The van der Waals surface area contributed by atoms with Gasteiger partial charge < -0.3 is 5.11 Å². The molecule has 0 aliphatic carbocycles. The Bertz CT molecular complexity index is 482. The number of carbonyl (C=O) groups is 1. The van der Waals surface area contributed by atoms with Crippen LogP contribution in [0.1, 0.15) is 0 Å². The van der Waals surface area contributed by atoms with Crippen LogP contribution in [0.5, 0.6) is 5.75 Å². The van der Waals surface area contributed by atoms with Gasteiger partial charge in [0.25, 0.3) is 0 Å². The van der Waals surface area contributed by atoms with E-state index in [4.69, 9.17) is 0 Å². The minimum Gasteiger partial charge on any atom is -0.506 e. The van der Waals surface area contributed by atoms with Crippen molar-refractivity contribution in [1.82, 2.24) is 0 Å². The van der Waals surface area contributed by atoms with Crippen molar-refractivity contribution < 1.29 is 9.90 Å². The molecule has 0 saturated heterocycles. The first-order valence-electron chi connectivity index (χ1n) is 4.90. The quantitative estimate of drug-likeness (QED) is 0.796. The molecule has 0 spiro atoms. The van der Waals surface area contributed by atoms with E-state index in [0.29, 0.717) is 12.1 Å². The average molecular weight is 213 g/mol. The molecule has 0 atom stereocenters. The lowest BCUT2D eigenvalue weighted by atomic mass is 10.2. The topological polar surface area (TPSA) is 40.5 Å². The Hall–Kier alpha value is -2.29. The minimum atomic E-state index is 0.0819. The summed E-state index contributed by atoms with van der Waals surface area (Å²) in [5, 5.41) is 9.67. The van der Waals surface area contributed by atoms with Crippen LogP contribution >= 0.6 is 0 Å². The van der Waals surface area contributed by atoms with Crippen molar-refractivity contribution in [2.24, 2.45) is 0 Å². The number of aromatic hydroxyl groups is 1. The molecule has 2 aromatic carbocycles. The molecule has 1 amide bonds. The molecule has 2 rings (SSSR count). The number of nitrogens with zero attached hydrogens (tertiary/aromatic N) is 1. The lowest BCUT2D eigenvalue weighted by Gasteiger charge is -2.18. The van der Waals surface area contributed by atoms with E-state index in [9.17, 15) is 9.90 Å². The highest BCUT2D eigenvalue weighted by molar-refractivity contribution is 5.88. The van der Waals surface area contributed by atoms with E-state index >= 15 is 0 Å². The number of carbonyl (C=O) groups excluding carboxylic acids is 1. The number of hydrogen-bond donors (Lipinski definition) is 1. The van der Waals surface area contributed by atoms with Gasteiger partial charge in [0.2, 0.25) is 6.41 Å². The number of phenolic OH excluding ortho intramolecular Hbond substituents is 1. The molecule has 16 heavy (non-hydrogen) atoms. The van der Waals surface area contributed by atoms with E-state index in [-0.39, 0.29) is 5.75 Å². The molecule has 3 nitrogen and oxygen atoms in total. The van der Waals surface area contributed by atoms with Crippen molar-refractivity contribution in [2.75, 3.05) is 4.90 Å². The van der Waals surface area contributed by atoms with E-state index in [2.05, 4.69) is 0 Å². The molecular weight excluding hydrogens is 202 g/mol. The maximum Gasteiger partial charge on any atom is 0.218 e. The first kappa shape index (κ1) is 10.2. The largest absolute Gasteiger partial charge is 0.506 e. The number of amides is 1. The number of phenols is 1. The second-order valence-electron chi connectivity index (χ2n) is 3.30. The summed E-state index contributed by atoms with van der Waals surface area (Å²) in [5.74, 6) is 0.0819. The highest BCUT2D eigenvalue weighted by Gasteiger charge is 2.10. The SMILES string of the molecule is O=CN(c1ccccc1)c1ccccc1O. The van der Waals surface area contributed by atoms with Crippen molar-refractivity contribution >= 4 is 17.8 Å². The molecule has 0 saturated carbocycles. The minimum absolute atomic E-state index is 0.0819. The van der Waals surface area contributed by atoms with Crippen LogP contribution in [0.2, 0.25) is 0 Å². The average Bonchev–Trinajstić information content (AvgIpc) is 2.34. The third-order valence-corrected chi connectivity index (χ3v) is 2.28. The maximum atomic E-state index is 11.1. The monoisotopic (exact) mass is 213 g/mol. The number of benzene rings is 2. The first-order chi connectivity index (χ1) is 7.83. The first-order valence-corrected chi connectivity index (χ1v) is 4.90. The Morgan fingerprint density at radius 3 is 2.19 bits per heavy atom. The molecule has 0 aliphatic heterocycles. The summed E-state index contributed by atoms with van der Waals surface area (Å²) >= 11 is 0. The summed E-state index contributed by atoms with van der Waals surface area (Å²) in [5.41, 5.74) is 1.20. The summed E-state index contributed by atoms with van der Waals surface area (Å²) in [7, 11) is 0. The smallest absolute Gasteiger partial charge is 0.218 e. The maximum absolute atomic E-state index is 11.1.